The maximum Gasteiger partial charge on any atom is 0.148 e. The fourth-order valence-electron chi connectivity index (χ4n) is 1.81. The van der Waals surface area contributed by atoms with Crippen molar-refractivity contribution >= 4 is 26.4 Å². The lowest BCUT2D eigenvalue weighted by Gasteiger charge is -2.06. The van der Waals surface area contributed by atoms with Gasteiger partial charge in [-0.1, -0.05) is 0 Å². The van der Waals surface area contributed by atoms with Gasteiger partial charge in [0.25, 0.3) is 0 Å². The number of hydrogen-bond donors (Lipinski definition) is 0. The molecule has 0 aromatic carbocycles. The first-order valence-corrected chi connectivity index (χ1v) is 8.99. The summed E-state index contributed by atoms with van der Waals surface area (Å²) in [5, 5.41) is 0. The van der Waals surface area contributed by atoms with Crippen molar-refractivity contribution in [2.45, 2.75) is 25.7 Å². The molecular weight excluding hydrogens is 248 g/mol. The van der Waals surface area contributed by atoms with Gasteiger partial charge in [0.1, 0.15) is 15.6 Å². The summed E-state index contributed by atoms with van der Waals surface area (Å²) in [4.78, 5) is 11.3. The van der Waals surface area contributed by atoms with Crippen LogP contribution in [0, 0.1) is 5.92 Å². The molecule has 16 heavy (non-hydrogen) atoms. The van der Waals surface area contributed by atoms with E-state index in [1.54, 1.807) is 0 Å². The van der Waals surface area contributed by atoms with Gasteiger partial charge in [-0.15, -0.1) is 0 Å². The van der Waals surface area contributed by atoms with Gasteiger partial charge in [-0.2, -0.15) is 0 Å². The van der Waals surface area contributed by atoms with Gasteiger partial charge in [-0.25, -0.2) is 8.42 Å². The third-order valence-corrected chi connectivity index (χ3v) is 5.36. The van der Waals surface area contributed by atoms with Crippen LogP contribution in [0.25, 0.3) is 0 Å². The Morgan fingerprint density at radius 2 is 2.06 bits per heavy atom. The molecule has 0 aliphatic heterocycles. The highest BCUT2D eigenvalue weighted by Gasteiger charge is 2.24. The van der Waals surface area contributed by atoms with Crippen LogP contribution in [0.4, 0.5) is 0 Å². The topological polar surface area (TPSA) is 68.3 Å². The van der Waals surface area contributed by atoms with E-state index in [2.05, 4.69) is 0 Å². The summed E-state index contributed by atoms with van der Waals surface area (Å²) in [6.45, 7) is 0. The maximum atomic E-state index is 11.5. The van der Waals surface area contributed by atoms with Crippen molar-refractivity contribution in [2.75, 3.05) is 23.5 Å². The molecule has 0 N–H and O–H groups in total. The molecule has 94 valence electrons. The van der Waals surface area contributed by atoms with Gasteiger partial charge < -0.3 is 0 Å². The van der Waals surface area contributed by atoms with Gasteiger partial charge in [0, 0.05) is 40.9 Å². The van der Waals surface area contributed by atoms with Crippen LogP contribution in [0.15, 0.2) is 0 Å². The Hall–Kier alpha value is -0.230. The first kappa shape index (κ1) is 13.8. The number of sulfone groups is 1. The number of Topliss-reactive ketones (excluding diaryl/α,β-unsaturated/α-hetero) is 1. The van der Waals surface area contributed by atoms with Crippen molar-refractivity contribution in [1.29, 1.82) is 0 Å². The van der Waals surface area contributed by atoms with Crippen molar-refractivity contribution in [3.63, 3.8) is 0 Å². The molecule has 0 aromatic heterocycles. The fraction of sp³-hybridized carbons (Fsp3) is 0.900. The van der Waals surface area contributed by atoms with Crippen molar-refractivity contribution in [3.05, 3.63) is 0 Å². The summed E-state index contributed by atoms with van der Waals surface area (Å²) in [5.41, 5.74) is 0. The molecule has 1 fully saturated rings. The molecule has 1 saturated carbocycles. The summed E-state index contributed by atoms with van der Waals surface area (Å²) in [6.07, 6.45) is 4.29. The average molecular weight is 266 g/mol. The first-order valence-electron chi connectivity index (χ1n) is 5.44. The zero-order chi connectivity index (χ0) is 12.2. The Balaban J connectivity index is 2.22. The highest BCUT2D eigenvalue weighted by molar-refractivity contribution is 7.92. The van der Waals surface area contributed by atoms with Crippen molar-refractivity contribution in [3.8, 4) is 0 Å². The van der Waals surface area contributed by atoms with Crippen molar-refractivity contribution < 1.29 is 17.4 Å². The molecule has 1 aliphatic rings. The van der Waals surface area contributed by atoms with Crippen LogP contribution in [-0.2, 0) is 25.4 Å². The summed E-state index contributed by atoms with van der Waals surface area (Å²) >= 11 is 0. The van der Waals surface area contributed by atoms with Crippen LogP contribution in [0.1, 0.15) is 25.7 Å². The average Bonchev–Trinajstić information content (AvgIpc) is 2.57. The number of carbonyl (C=O) groups excluding carboxylic acids is 1. The number of ketones is 1. The molecule has 1 rings (SSSR count). The molecule has 2 unspecified atom stereocenters. The van der Waals surface area contributed by atoms with Crippen molar-refractivity contribution in [1.82, 2.24) is 0 Å². The summed E-state index contributed by atoms with van der Waals surface area (Å²) < 4.78 is 33.2. The van der Waals surface area contributed by atoms with Gasteiger partial charge in [-0.3, -0.25) is 9.00 Å². The van der Waals surface area contributed by atoms with Crippen LogP contribution in [0.5, 0.6) is 0 Å². The van der Waals surface area contributed by atoms with Gasteiger partial charge in [0.05, 0.1) is 5.75 Å². The van der Waals surface area contributed by atoms with Crippen LogP contribution in [0.2, 0.25) is 0 Å². The lowest BCUT2D eigenvalue weighted by atomic mass is 10.1. The minimum atomic E-state index is -3.03. The molecule has 1 aliphatic carbocycles. The SMILES string of the molecule is CS(=O)(=O)CCS(=O)CCC1CCCC1=O. The molecule has 4 nitrogen and oxygen atoms in total. The fourth-order valence-corrected chi connectivity index (χ4v) is 4.52. The van der Waals surface area contributed by atoms with E-state index in [0.29, 0.717) is 18.6 Å². The maximum absolute atomic E-state index is 11.5. The Labute approximate surface area is 99.2 Å². The quantitative estimate of drug-likeness (QED) is 0.703. The highest BCUT2D eigenvalue weighted by Crippen LogP contribution is 2.24. The molecule has 0 heterocycles. The molecule has 0 spiro atoms. The van der Waals surface area contributed by atoms with E-state index in [4.69, 9.17) is 0 Å². The highest BCUT2D eigenvalue weighted by atomic mass is 32.2. The molecular formula is C10H18O4S2. The number of carbonyl (C=O) groups is 1. The summed E-state index contributed by atoms with van der Waals surface area (Å²) in [7, 11) is -4.14. The van der Waals surface area contributed by atoms with E-state index < -0.39 is 20.6 Å². The van der Waals surface area contributed by atoms with Crippen LogP contribution in [-0.4, -0.2) is 41.9 Å². The summed E-state index contributed by atoms with van der Waals surface area (Å²) in [5.74, 6) is 0.964. The van der Waals surface area contributed by atoms with E-state index in [9.17, 15) is 17.4 Å². The Bertz CT molecular complexity index is 372. The Morgan fingerprint density at radius 1 is 1.38 bits per heavy atom. The first-order chi connectivity index (χ1) is 7.38. The van der Waals surface area contributed by atoms with Gasteiger partial charge in [-0.05, 0) is 19.3 Å². The van der Waals surface area contributed by atoms with Crippen LogP contribution < -0.4 is 0 Å². The Kier molecular flexibility index (Phi) is 5.11. The lowest BCUT2D eigenvalue weighted by Crippen LogP contribution is -2.16. The second kappa shape index (κ2) is 5.91. The molecule has 0 bridgehead atoms. The number of hydrogen-bond acceptors (Lipinski definition) is 4. The van der Waals surface area contributed by atoms with E-state index >= 15 is 0 Å². The van der Waals surface area contributed by atoms with Crippen LogP contribution in [0.3, 0.4) is 0 Å². The second-order valence-electron chi connectivity index (χ2n) is 4.32. The molecule has 0 amide bonds. The molecule has 6 heteroatoms. The smallest absolute Gasteiger partial charge is 0.148 e. The molecule has 0 saturated heterocycles. The van der Waals surface area contributed by atoms with Gasteiger partial charge >= 0.3 is 0 Å². The molecule has 2 atom stereocenters. The minimum Gasteiger partial charge on any atom is -0.299 e. The predicted molar refractivity (Wildman–Crippen MR) is 64.6 cm³/mol. The predicted octanol–water partition coefficient (Wildman–Crippen LogP) is 0.539. The van der Waals surface area contributed by atoms with E-state index in [-0.39, 0.29) is 23.2 Å². The molecule has 0 aromatic rings. The second-order valence-corrected chi connectivity index (χ2v) is 8.28. The molecule has 0 radical (unpaired) electrons. The van der Waals surface area contributed by atoms with E-state index in [0.717, 1.165) is 19.1 Å². The zero-order valence-electron chi connectivity index (χ0n) is 9.48. The standard InChI is InChI=1S/C10H18O4S2/c1-16(13,14)8-7-15(12)6-5-9-3-2-4-10(9)11/h9H,2-8H2,1H3. The third-order valence-electron chi connectivity index (χ3n) is 2.81. The minimum absolute atomic E-state index is 0.0295. The largest absolute Gasteiger partial charge is 0.299 e. The van der Waals surface area contributed by atoms with Gasteiger partial charge in [0.15, 0.2) is 0 Å². The van der Waals surface area contributed by atoms with Gasteiger partial charge in [0.2, 0.25) is 0 Å². The van der Waals surface area contributed by atoms with E-state index in [1.807, 2.05) is 0 Å². The normalized spacial score (nSPS) is 23.6. The van der Waals surface area contributed by atoms with Crippen molar-refractivity contribution in [2.24, 2.45) is 5.92 Å². The Morgan fingerprint density at radius 3 is 2.56 bits per heavy atom. The zero-order valence-corrected chi connectivity index (χ0v) is 11.1. The summed E-state index contributed by atoms with van der Waals surface area (Å²) in [6, 6.07) is 0. The number of rotatable bonds is 6. The van der Waals surface area contributed by atoms with Crippen LogP contribution >= 0.6 is 0 Å². The van der Waals surface area contributed by atoms with E-state index in [1.165, 1.54) is 0 Å². The lowest BCUT2D eigenvalue weighted by molar-refractivity contribution is -0.120. The monoisotopic (exact) mass is 266 g/mol. The third kappa shape index (κ3) is 5.21.